The Morgan fingerprint density at radius 3 is 2.07 bits per heavy atom. The molecule has 3 aromatic rings. The molecule has 9 heteroatoms. The van der Waals surface area contributed by atoms with Gasteiger partial charge in [0, 0.05) is 19.0 Å². The number of nitrogens with one attached hydrogen (secondary N) is 1. The number of sulfonamides is 1. The van der Waals surface area contributed by atoms with Gasteiger partial charge in [0.05, 0.1) is 11.9 Å². The molecule has 2 amide bonds. The third kappa shape index (κ3) is 9.14. The Morgan fingerprint density at radius 1 is 0.886 bits per heavy atom. The second kappa shape index (κ2) is 14.4. The average molecular weight is 622 g/mol. The van der Waals surface area contributed by atoms with Crippen LogP contribution < -0.4 is 9.62 Å². The lowest BCUT2D eigenvalue weighted by Crippen LogP contribution is -2.55. The van der Waals surface area contributed by atoms with Crippen LogP contribution in [0.3, 0.4) is 0 Å². The summed E-state index contributed by atoms with van der Waals surface area (Å²) in [6.45, 7) is 5.72. The number of hydrogen-bond acceptors (Lipinski definition) is 4. The van der Waals surface area contributed by atoms with E-state index in [2.05, 4.69) is 26.1 Å². The van der Waals surface area contributed by atoms with E-state index >= 15 is 0 Å². The van der Waals surface area contributed by atoms with Crippen molar-refractivity contribution in [3.05, 3.63) is 101 Å². The molecule has 1 atom stereocenters. The van der Waals surface area contributed by atoms with Gasteiger partial charge >= 0.3 is 0 Å². The molecule has 1 fully saturated rings. The van der Waals surface area contributed by atoms with Crippen LogP contribution in [0.1, 0.15) is 69.6 Å². The summed E-state index contributed by atoms with van der Waals surface area (Å²) in [5, 5.41) is 3.18. The Labute approximate surface area is 261 Å². The zero-order chi connectivity index (χ0) is 31.9. The van der Waals surface area contributed by atoms with E-state index < -0.39 is 34.3 Å². The highest BCUT2D eigenvalue weighted by Gasteiger charge is 2.34. The van der Waals surface area contributed by atoms with Crippen molar-refractivity contribution in [3.8, 4) is 0 Å². The van der Waals surface area contributed by atoms with Gasteiger partial charge in [-0.15, -0.1) is 0 Å². The second-order valence-electron chi connectivity index (χ2n) is 12.8. The van der Waals surface area contributed by atoms with E-state index in [1.807, 2.05) is 42.5 Å². The highest BCUT2D eigenvalue weighted by atomic mass is 32.2. The van der Waals surface area contributed by atoms with E-state index in [0.717, 1.165) is 53.8 Å². The number of anilines is 1. The average Bonchev–Trinajstić information content (AvgIpc) is 2.98. The summed E-state index contributed by atoms with van der Waals surface area (Å²) in [4.78, 5) is 29.7. The van der Waals surface area contributed by atoms with Crippen LogP contribution in [0, 0.1) is 5.82 Å². The molecule has 4 rings (SSSR count). The van der Waals surface area contributed by atoms with Crippen LogP contribution in [0.4, 0.5) is 10.1 Å². The molecule has 0 unspecified atom stereocenters. The van der Waals surface area contributed by atoms with Crippen LogP contribution >= 0.6 is 0 Å². The number of halogens is 1. The molecule has 0 bridgehead atoms. The Bertz CT molecular complexity index is 1500. The molecule has 7 nitrogen and oxygen atoms in total. The largest absolute Gasteiger partial charge is 0.352 e. The lowest BCUT2D eigenvalue weighted by molar-refractivity contribution is -0.140. The van der Waals surface area contributed by atoms with Gasteiger partial charge in [-0.1, -0.05) is 94.6 Å². The first-order valence-corrected chi connectivity index (χ1v) is 17.1. The molecule has 0 aromatic heterocycles. The van der Waals surface area contributed by atoms with Gasteiger partial charge in [0.1, 0.15) is 18.4 Å². The van der Waals surface area contributed by atoms with Crippen molar-refractivity contribution in [2.75, 3.05) is 17.1 Å². The predicted octanol–water partition coefficient (Wildman–Crippen LogP) is 5.98. The van der Waals surface area contributed by atoms with Crippen molar-refractivity contribution in [2.45, 2.75) is 83.3 Å². The van der Waals surface area contributed by atoms with Crippen LogP contribution in [-0.4, -0.2) is 50.0 Å². The summed E-state index contributed by atoms with van der Waals surface area (Å²) in [7, 11) is -3.87. The molecule has 1 saturated carbocycles. The minimum atomic E-state index is -3.87. The van der Waals surface area contributed by atoms with E-state index in [4.69, 9.17) is 0 Å². The van der Waals surface area contributed by atoms with Crippen molar-refractivity contribution in [3.63, 3.8) is 0 Å². The molecule has 3 aromatic carbocycles. The monoisotopic (exact) mass is 621 g/mol. The molecule has 0 spiro atoms. The maximum absolute atomic E-state index is 14.3. The van der Waals surface area contributed by atoms with Crippen molar-refractivity contribution in [1.82, 2.24) is 10.2 Å². The molecule has 1 aliphatic carbocycles. The minimum Gasteiger partial charge on any atom is -0.352 e. The van der Waals surface area contributed by atoms with Crippen LogP contribution in [0.25, 0.3) is 0 Å². The molecular formula is C35H44FN3O4S. The third-order valence-corrected chi connectivity index (χ3v) is 9.33. The Balaban J connectivity index is 1.71. The van der Waals surface area contributed by atoms with E-state index in [0.29, 0.717) is 11.3 Å². The van der Waals surface area contributed by atoms with Crippen molar-refractivity contribution in [2.24, 2.45) is 0 Å². The van der Waals surface area contributed by atoms with Gasteiger partial charge in [-0.3, -0.25) is 13.9 Å². The normalized spacial score (nSPS) is 14.9. The maximum atomic E-state index is 14.3. The first kappa shape index (κ1) is 33.2. The molecule has 44 heavy (non-hydrogen) atoms. The van der Waals surface area contributed by atoms with Gasteiger partial charge < -0.3 is 10.2 Å². The standard InChI is InChI=1S/C35H44FN3O4S/c1-35(2,3)28-17-21-31(22-18-28)39(44(4,42)43)25-33(40)38(24-27-15-19-29(36)20-16-27)32(23-26-11-7-5-8-12-26)34(41)37-30-13-9-6-10-14-30/h5,7-8,11-12,15-22,30,32H,6,9-10,13-14,23-25H2,1-4H3,(H,37,41)/t32-/m0/s1. The fourth-order valence-electron chi connectivity index (χ4n) is 5.63. The van der Waals surface area contributed by atoms with Crippen molar-refractivity contribution < 1.29 is 22.4 Å². The first-order chi connectivity index (χ1) is 20.8. The Morgan fingerprint density at radius 2 is 1.50 bits per heavy atom. The zero-order valence-electron chi connectivity index (χ0n) is 26.1. The van der Waals surface area contributed by atoms with Gasteiger partial charge in [-0.25, -0.2) is 12.8 Å². The molecule has 0 radical (unpaired) electrons. The number of benzene rings is 3. The Hall–Kier alpha value is -3.72. The summed E-state index contributed by atoms with van der Waals surface area (Å²) < 4.78 is 41.0. The van der Waals surface area contributed by atoms with E-state index in [1.165, 1.54) is 17.0 Å². The Kier molecular flexibility index (Phi) is 10.8. The molecule has 0 heterocycles. The molecule has 0 saturated heterocycles. The lowest BCUT2D eigenvalue weighted by Gasteiger charge is -2.35. The predicted molar refractivity (Wildman–Crippen MR) is 173 cm³/mol. The van der Waals surface area contributed by atoms with E-state index in [-0.39, 0.29) is 30.3 Å². The number of rotatable bonds is 11. The number of amides is 2. The number of nitrogens with zero attached hydrogens (tertiary/aromatic N) is 2. The number of carbonyl (C=O) groups is 2. The van der Waals surface area contributed by atoms with Crippen LogP contribution in [0.15, 0.2) is 78.9 Å². The van der Waals surface area contributed by atoms with Crippen LogP contribution in [0.2, 0.25) is 0 Å². The summed E-state index contributed by atoms with van der Waals surface area (Å²) in [6.07, 6.45) is 6.26. The second-order valence-corrected chi connectivity index (χ2v) is 14.7. The first-order valence-electron chi connectivity index (χ1n) is 15.3. The molecule has 236 valence electrons. The van der Waals surface area contributed by atoms with Gasteiger partial charge in [0.2, 0.25) is 21.8 Å². The molecule has 1 aliphatic rings. The zero-order valence-corrected chi connectivity index (χ0v) is 26.9. The van der Waals surface area contributed by atoms with E-state index in [9.17, 15) is 22.4 Å². The van der Waals surface area contributed by atoms with Crippen molar-refractivity contribution in [1.29, 1.82) is 0 Å². The molecular weight excluding hydrogens is 577 g/mol. The number of carbonyl (C=O) groups excluding carboxylic acids is 2. The fraction of sp³-hybridized carbons (Fsp3) is 0.429. The fourth-order valence-corrected chi connectivity index (χ4v) is 6.48. The highest BCUT2D eigenvalue weighted by molar-refractivity contribution is 7.92. The van der Waals surface area contributed by atoms with Crippen LogP contribution in [0.5, 0.6) is 0 Å². The van der Waals surface area contributed by atoms with Crippen LogP contribution in [-0.2, 0) is 38.0 Å². The molecule has 1 N–H and O–H groups in total. The smallest absolute Gasteiger partial charge is 0.244 e. The lowest BCUT2D eigenvalue weighted by atomic mass is 9.87. The maximum Gasteiger partial charge on any atom is 0.244 e. The third-order valence-electron chi connectivity index (χ3n) is 8.19. The summed E-state index contributed by atoms with van der Waals surface area (Å²) in [6, 6.07) is 21.5. The van der Waals surface area contributed by atoms with Crippen molar-refractivity contribution >= 4 is 27.5 Å². The SMILES string of the molecule is CC(C)(C)c1ccc(N(CC(=O)N(Cc2ccc(F)cc2)[C@@H](Cc2ccccc2)C(=O)NC2CCCCC2)S(C)(=O)=O)cc1. The highest BCUT2D eigenvalue weighted by Crippen LogP contribution is 2.27. The summed E-state index contributed by atoms with van der Waals surface area (Å²) >= 11 is 0. The van der Waals surface area contributed by atoms with Gasteiger partial charge in [0.15, 0.2) is 0 Å². The van der Waals surface area contributed by atoms with E-state index in [1.54, 1.807) is 24.3 Å². The summed E-state index contributed by atoms with van der Waals surface area (Å²) in [5.74, 6) is -1.22. The van der Waals surface area contributed by atoms with Gasteiger partial charge in [-0.2, -0.15) is 0 Å². The quantitative estimate of drug-likeness (QED) is 0.286. The van der Waals surface area contributed by atoms with Gasteiger partial charge in [0.25, 0.3) is 0 Å². The van der Waals surface area contributed by atoms with Gasteiger partial charge in [-0.05, 0) is 59.2 Å². The molecule has 0 aliphatic heterocycles. The minimum absolute atomic E-state index is 0.00919. The topological polar surface area (TPSA) is 86.8 Å². The summed E-state index contributed by atoms with van der Waals surface area (Å²) in [5.41, 5.74) is 2.75. The number of hydrogen-bond donors (Lipinski definition) is 1.